The molecule has 2 fully saturated rings. The van der Waals surface area contributed by atoms with Gasteiger partial charge in [-0.25, -0.2) is 4.79 Å². The topological polar surface area (TPSA) is 85.5 Å². The first-order chi connectivity index (χ1) is 15.1. The Hall–Kier alpha value is -3.22. The third kappa shape index (κ3) is 6.13. The molecule has 2 aliphatic rings. The van der Waals surface area contributed by atoms with Crippen LogP contribution in [0.3, 0.4) is 0 Å². The molecule has 0 radical (unpaired) electrons. The number of carbonyl (C=O) groups excluding carboxylic acids is 2. The summed E-state index contributed by atoms with van der Waals surface area (Å²) in [6.45, 7) is 4.03. The zero-order valence-corrected chi connectivity index (χ0v) is 18.0. The van der Waals surface area contributed by atoms with Crippen molar-refractivity contribution >= 4 is 34.7 Å². The largest absolute Gasteiger partial charge is 0.374 e. The van der Waals surface area contributed by atoms with Crippen LogP contribution in [-0.4, -0.2) is 37.1 Å². The molecule has 1 unspecified atom stereocenters. The Kier molecular flexibility index (Phi) is 6.60. The molecule has 0 bridgehead atoms. The van der Waals surface area contributed by atoms with Gasteiger partial charge < -0.3 is 26.2 Å². The monoisotopic (exact) mass is 421 g/mol. The molecule has 3 amide bonds. The van der Waals surface area contributed by atoms with Crippen LogP contribution in [0.5, 0.6) is 0 Å². The van der Waals surface area contributed by atoms with Crippen LogP contribution in [0.1, 0.15) is 39.0 Å². The number of rotatable bonds is 7. The second-order valence-corrected chi connectivity index (χ2v) is 8.40. The highest BCUT2D eigenvalue weighted by molar-refractivity contribution is 5.96. The summed E-state index contributed by atoms with van der Waals surface area (Å²) >= 11 is 0. The lowest BCUT2D eigenvalue weighted by molar-refractivity contribution is -0.116. The Bertz CT molecular complexity index is 887. The number of hydrogen-bond acceptors (Lipinski definition) is 4. The van der Waals surface area contributed by atoms with E-state index in [1.807, 2.05) is 43.3 Å². The SMILES string of the molecule is CC(Nc1ccc(NC(=O)NC2CC2)cc1)C(=O)Nc1ccc(N2CCCCC2)cc1. The molecule has 1 atom stereocenters. The number of nitrogens with zero attached hydrogens (tertiary/aromatic N) is 1. The molecule has 4 N–H and O–H groups in total. The van der Waals surface area contributed by atoms with Gasteiger partial charge in [-0.15, -0.1) is 0 Å². The van der Waals surface area contributed by atoms with Crippen LogP contribution in [-0.2, 0) is 4.79 Å². The fraction of sp³-hybridized carbons (Fsp3) is 0.417. The van der Waals surface area contributed by atoms with Gasteiger partial charge in [-0.2, -0.15) is 0 Å². The molecular weight excluding hydrogens is 390 g/mol. The van der Waals surface area contributed by atoms with Crippen LogP contribution in [0, 0.1) is 0 Å². The molecule has 31 heavy (non-hydrogen) atoms. The molecule has 2 aromatic rings. The maximum atomic E-state index is 12.6. The van der Waals surface area contributed by atoms with E-state index in [4.69, 9.17) is 0 Å². The Morgan fingerprint density at radius 3 is 2.06 bits per heavy atom. The highest BCUT2D eigenvalue weighted by Gasteiger charge is 2.23. The minimum atomic E-state index is -0.404. The van der Waals surface area contributed by atoms with Gasteiger partial charge in [0.15, 0.2) is 0 Å². The molecule has 1 saturated carbocycles. The minimum Gasteiger partial charge on any atom is -0.374 e. The van der Waals surface area contributed by atoms with Gasteiger partial charge in [0.2, 0.25) is 5.91 Å². The molecule has 4 rings (SSSR count). The van der Waals surface area contributed by atoms with Gasteiger partial charge in [0, 0.05) is 41.9 Å². The molecule has 164 valence electrons. The van der Waals surface area contributed by atoms with Crippen LogP contribution < -0.4 is 26.2 Å². The molecule has 1 aliphatic carbocycles. The van der Waals surface area contributed by atoms with Crippen LogP contribution in [0.2, 0.25) is 0 Å². The number of urea groups is 1. The average molecular weight is 422 g/mol. The van der Waals surface area contributed by atoms with Gasteiger partial charge in [-0.1, -0.05) is 0 Å². The molecule has 1 saturated heterocycles. The number of carbonyl (C=O) groups is 2. The summed E-state index contributed by atoms with van der Waals surface area (Å²) in [5.41, 5.74) is 3.54. The number of piperidine rings is 1. The van der Waals surface area contributed by atoms with Crippen molar-refractivity contribution in [3.05, 3.63) is 48.5 Å². The van der Waals surface area contributed by atoms with E-state index < -0.39 is 6.04 Å². The summed E-state index contributed by atoms with van der Waals surface area (Å²) < 4.78 is 0. The summed E-state index contributed by atoms with van der Waals surface area (Å²) in [6.07, 6.45) is 5.90. The number of hydrogen-bond donors (Lipinski definition) is 4. The van der Waals surface area contributed by atoms with E-state index in [0.29, 0.717) is 6.04 Å². The smallest absolute Gasteiger partial charge is 0.319 e. The number of anilines is 4. The number of amides is 3. The molecular formula is C24H31N5O2. The van der Waals surface area contributed by atoms with Crippen molar-refractivity contribution in [2.75, 3.05) is 33.9 Å². The van der Waals surface area contributed by atoms with Crippen LogP contribution in [0.15, 0.2) is 48.5 Å². The van der Waals surface area contributed by atoms with Crippen molar-refractivity contribution in [3.63, 3.8) is 0 Å². The second kappa shape index (κ2) is 9.73. The van der Waals surface area contributed by atoms with Crippen molar-refractivity contribution in [1.29, 1.82) is 0 Å². The zero-order chi connectivity index (χ0) is 21.6. The van der Waals surface area contributed by atoms with Gasteiger partial charge in [0.25, 0.3) is 0 Å². The third-order valence-corrected chi connectivity index (χ3v) is 5.69. The summed E-state index contributed by atoms with van der Waals surface area (Å²) in [6, 6.07) is 15.1. The van der Waals surface area contributed by atoms with Gasteiger partial charge in [-0.05, 0) is 87.6 Å². The molecule has 2 aromatic carbocycles. The second-order valence-electron chi connectivity index (χ2n) is 8.40. The lowest BCUT2D eigenvalue weighted by atomic mass is 10.1. The Balaban J connectivity index is 1.25. The van der Waals surface area contributed by atoms with Crippen LogP contribution in [0.4, 0.5) is 27.5 Å². The fourth-order valence-electron chi connectivity index (χ4n) is 3.70. The maximum Gasteiger partial charge on any atom is 0.319 e. The normalized spacial score (nSPS) is 16.9. The molecule has 7 nitrogen and oxygen atoms in total. The highest BCUT2D eigenvalue weighted by Crippen LogP contribution is 2.22. The van der Waals surface area contributed by atoms with Crippen molar-refractivity contribution in [2.45, 2.75) is 51.1 Å². The van der Waals surface area contributed by atoms with Crippen molar-refractivity contribution in [3.8, 4) is 0 Å². The van der Waals surface area contributed by atoms with Gasteiger partial charge in [0.05, 0.1) is 0 Å². The Morgan fingerprint density at radius 2 is 1.42 bits per heavy atom. The summed E-state index contributed by atoms with van der Waals surface area (Å²) in [5, 5.41) is 11.9. The summed E-state index contributed by atoms with van der Waals surface area (Å²) in [4.78, 5) is 26.8. The van der Waals surface area contributed by atoms with Gasteiger partial charge >= 0.3 is 6.03 Å². The maximum absolute atomic E-state index is 12.6. The van der Waals surface area contributed by atoms with E-state index in [0.717, 1.165) is 43.0 Å². The van der Waals surface area contributed by atoms with Crippen LogP contribution >= 0.6 is 0 Å². The van der Waals surface area contributed by atoms with Crippen molar-refractivity contribution < 1.29 is 9.59 Å². The van der Waals surface area contributed by atoms with E-state index in [1.54, 1.807) is 0 Å². The first kappa shape index (κ1) is 21.0. The van der Waals surface area contributed by atoms with E-state index in [2.05, 4.69) is 38.3 Å². The Morgan fingerprint density at radius 1 is 0.839 bits per heavy atom. The van der Waals surface area contributed by atoms with Crippen molar-refractivity contribution in [1.82, 2.24) is 5.32 Å². The number of benzene rings is 2. The molecule has 0 aromatic heterocycles. The minimum absolute atomic E-state index is 0.100. The molecule has 1 aliphatic heterocycles. The summed E-state index contributed by atoms with van der Waals surface area (Å²) in [5.74, 6) is -0.100. The van der Waals surface area contributed by atoms with E-state index in [1.165, 1.54) is 24.9 Å². The average Bonchev–Trinajstić information content (AvgIpc) is 3.60. The van der Waals surface area contributed by atoms with Crippen molar-refractivity contribution in [2.24, 2.45) is 0 Å². The number of nitrogens with one attached hydrogen (secondary N) is 4. The van der Waals surface area contributed by atoms with E-state index in [-0.39, 0.29) is 11.9 Å². The molecule has 0 spiro atoms. The predicted octanol–water partition coefficient (Wildman–Crippen LogP) is 4.40. The quantitative estimate of drug-likeness (QED) is 0.534. The molecule has 7 heteroatoms. The molecule has 1 heterocycles. The standard InChI is InChI=1S/C24H31N5O2/c1-17(25-18-5-7-20(8-6-18)27-24(31)28-21-9-10-21)23(30)26-19-11-13-22(14-12-19)29-15-3-2-4-16-29/h5-8,11-14,17,21,25H,2-4,9-10,15-16H2,1H3,(H,26,30)(H2,27,28,31). The van der Waals surface area contributed by atoms with E-state index in [9.17, 15) is 9.59 Å². The first-order valence-corrected chi connectivity index (χ1v) is 11.2. The first-order valence-electron chi connectivity index (χ1n) is 11.2. The lowest BCUT2D eigenvalue weighted by Crippen LogP contribution is -2.32. The third-order valence-electron chi connectivity index (χ3n) is 5.69. The van der Waals surface area contributed by atoms with Gasteiger partial charge in [-0.3, -0.25) is 4.79 Å². The Labute approximate surface area is 183 Å². The fourth-order valence-corrected chi connectivity index (χ4v) is 3.70. The highest BCUT2D eigenvalue weighted by atomic mass is 16.2. The summed E-state index contributed by atoms with van der Waals surface area (Å²) in [7, 11) is 0. The lowest BCUT2D eigenvalue weighted by Gasteiger charge is -2.28. The zero-order valence-electron chi connectivity index (χ0n) is 18.0. The van der Waals surface area contributed by atoms with Crippen LogP contribution in [0.25, 0.3) is 0 Å². The van der Waals surface area contributed by atoms with Gasteiger partial charge in [0.1, 0.15) is 6.04 Å². The predicted molar refractivity (Wildman–Crippen MR) is 126 cm³/mol. The van der Waals surface area contributed by atoms with E-state index >= 15 is 0 Å².